The molecule has 12 nitrogen and oxygen atoms in total. The fraction of sp³-hybridized carbons (Fsp3) is 0.455. The van der Waals surface area contributed by atoms with E-state index in [-0.39, 0.29) is 48.3 Å². The van der Waals surface area contributed by atoms with E-state index in [2.05, 4.69) is 21.3 Å². The Morgan fingerprint density at radius 2 is 1.66 bits per heavy atom. The number of aliphatic hydroxyl groups is 1. The molecule has 0 spiro atoms. The maximum absolute atomic E-state index is 12.7. The first kappa shape index (κ1) is 29.6. The van der Waals surface area contributed by atoms with Crippen LogP contribution in [0.5, 0.6) is 0 Å². The summed E-state index contributed by atoms with van der Waals surface area (Å²) in [4.78, 5) is 69.3. The van der Waals surface area contributed by atoms with Gasteiger partial charge < -0.3 is 31.5 Å². The van der Waals surface area contributed by atoms with E-state index < -0.39 is 42.4 Å². The standard InChI is InChI=1S/C22H30N4O8S/c1-3-18(29)23-9-8-19(30)26-17(11-27)20(31)25-16(12-35-13(2)28)10-14-4-6-15(7-5-14)24-21(32)22(33)34/h4-7,16-17,27H,3,8-12H2,1-2H3,(H,23,29)(H,24,32)(H,25,31)(H,26,30)(H,33,34)/t16-,17-/m0/s1. The number of hydrogen-bond donors (Lipinski definition) is 6. The van der Waals surface area contributed by atoms with Gasteiger partial charge in [-0.25, -0.2) is 4.79 Å². The summed E-state index contributed by atoms with van der Waals surface area (Å²) < 4.78 is 0. The number of carboxylic acids is 1. The average molecular weight is 511 g/mol. The molecule has 13 heteroatoms. The number of amides is 4. The van der Waals surface area contributed by atoms with Crippen molar-refractivity contribution in [3.05, 3.63) is 29.8 Å². The van der Waals surface area contributed by atoms with E-state index in [0.717, 1.165) is 17.3 Å². The first-order valence-electron chi connectivity index (χ1n) is 10.8. The SMILES string of the molecule is CCC(=O)NCCC(=O)N[C@@H](CO)C(=O)N[C@H](CSC(C)=O)Cc1ccc(NC(=O)C(=O)O)cc1. The highest BCUT2D eigenvalue weighted by atomic mass is 32.2. The highest BCUT2D eigenvalue weighted by Gasteiger charge is 2.23. The van der Waals surface area contributed by atoms with E-state index in [1.165, 1.54) is 19.1 Å². The fourth-order valence-electron chi connectivity index (χ4n) is 2.77. The Hall–Kier alpha value is -3.45. The van der Waals surface area contributed by atoms with Crippen LogP contribution in [-0.4, -0.2) is 75.9 Å². The topological polar surface area (TPSA) is 191 Å². The monoisotopic (exact) mass is 510 g/mol. The molecular formula is C22H30N4O8S. The zero-order valence-corrected chi connectivity index (χ0v) is 20.3. The summed E-state index contributed by atoms with van der Waals surface area (Å²) in [7, 11) is 0. The number of carbonyl (C=O) groups is 6. The van der Waals surface area contributed by atoms with Gasteiger partial charge in [0, 0.05) is 43.8 Å². The lowest BCUT2D eigenvalue weighted by Gasteiger charge is -2.22. The minimum Gasteiger partial charge on any atom is -0.474 e. The molecule has 4 amide bonds. The molecule has 0 bridgehead atoms. The molecule has 0 radical (unpaired) electrons. The van der Waals surface area contributed by atoms with Crippen LogP contribution in [0.25, 0.3) is 0 Å². The number of anilines is 1. The molecule has 0 saturated heterocycles. The summed E-state index contributed by atoms with van der Waals surface area (Å²) in [6.07, 6.45) is 0.501. The van der Waals surface area contributed by atoms with Crippen LogP contribution >= 0.6 is 11.8 Å². The lowest BCUT2D eigenvalue weighted by Crippen LogP contribution is -2.52. The van der Waals surface area contributed by atoms with E-state index in [4.69, 9.17) is 5.11 Å². The number of carbonyl (C=O) groups excluding carboxylic acids is 5. The third kappa shape index (κ3) is 12.0. The van der Waals surface area contributed by atoms with E-state index >= 15 is 0 Å². The van der Waals surface area contributed by atoms with Crippen LogP contribution in [0.2, 0.25) is 0 Å². The molecule has 1 rings (SSSR count). The average Bonchev–Trinajstić information content (AvgIpc) is 2.81. The Kier molecular flexibility index (Phi) is 13.1. The van der Waals surface area contributed by atoms with Gasteiger partial charge in [0.25, 0.3) is 0 Å². The summed E-state index contributed by atoms with van der Waals surface area (Å²) >= 11 is 0.999. The molecular weight excluding hydrogens is 480 g/mol. The van der Waals surface area contributed by atoms with Crippen molar-refractivity contribution in [3.8, 4) is 0 Å². The number of hydrogen-bond acceptors (Lipinski definition) is 8. The first-order valence-corrected chi connectivity index (χ1v) is 11.8. The fourth-order valence-corrected chi connectivity index (χ4v) is 3.40. The summed E-state index contributed by atoms with van der Waals surface area (Å²) in [6, 6.07) is 4.51. The van der Waals surface area contributed by atoms with Gasteiger partial charge >= 0.3 is 11.9 Å². The predicted octanol–water partition coefficient (Wildman–Crippen LogP) is -0.590. The zero-order valence-electron chi connectivity index (χ0n) is 19.5. The second-order valence-corrected chi connectivity index (χ2v) is 8.62. The van der Waals surface area contributed by atoms with Crippen molar-refractivity contribution in [3.63, 3.8) is 0 Å². The van der Waals surface area contributed by atoms with E-state index in [1.807, 2.05) is 0 Å². The van der Waals surface area contributed by atoms with Crippen molar-refractivity contribution < 1.29 is 39.0 Å². The van der Waals surface area contributed by atoms with Gasteiger partial charge in [-0.05, 0) is 24.1 Å². The molecule has 0 heterocycles. The minimum atomic E-state index is -1.62. The van der Waals surface area contributed by atoms with Crippen LogP contribution in [0, 0.1) is 0 Å². The van der Waals surface area contributed by atoms with Crippen LogP contribution in [0.1, 0.15) is 32.3 Å². The lowest BCUT2D eigenvalue weighted by atomic mass is 10.1. The summed E-state index contributed by atoms with van der Waals surface area (Å²) in [6.45, 7) is 2.51. The maximum atomic E-state index is 12.7. The quantitative estimate of drug-likeness (QED) is 0.188. The molecule has 2 atom stereocenters. The Morgan fingerprint density at radius 3 is 2.20 bits per heavy atom. The van der Waals surface area contributed by atoms with Crippen molar-refractivity contribution in [2.45, 2.75) is 45.2 Å². The van der Waals surface area contributed by atoms with Gasteiger partial charge in [0.2, 0.25) is 17.7 Å². The number of rotatable bonds is 13. The van der Waals surface area contributed by atoms with Crippen molar-refractivity contribution in [2.75, 3.05) is 24.2 Å². The predicted molar refractivity (Wildman–Crippen MR) is 128 cm³/mol. The third-order valence-electron chi connectivity index (χ3n) is 4.55. The summed E-state index contributed by atoms with van der Waals surface area (Å²) in [5.41, 5.74) is 1.00. The molecule has 192 valence electrons. The van der Waals surface area contributed by atoms with E-state index in [9.17, 15) is 33.9 Å². The van der Waals surface area contributed by atoms with Gasteiger partial charge in [-0.15, -0.1) is 0 Å². The molecule has 6 N–H and O–H groups in total. The highest BCUT2D eigenvalue weighted by molar-refractivity contribution is 8.13. The second-order valence-electron chi connectivity index (χ2n) is 7.42. The van der Waals surface area contributed by atoms with Crippen LogP contribution in [0.3, 0.4) is 0 Å². The highest BCUT2D eigenvalue weighted by Crippen LogP contribution is 2.14. The van der Waals surface area contributed by atoms with Crippen LogP contribution < -0.4 is 21.3 Å². The van der Waals surface area contributed by atoms with Crippen LogP contribution in [0.15, 0.2) is 24.3 Å². The van der Waals surface area contributed by atoms with Crippen molar-refractivity contribution in [1.29, 1.82) is 0 Å². The van der Waals surface area contributed by atoms with Crippen LogP contribution in [0.4, 0.5) is 5.69 Å². The molecule has 0 aliphatic carbocycles. The lowest BCUT2D eigenvalue weighted by molar-refractivity contribution is -0.147. The number of thioether (sulfide) groups is 1. The number of aliphatic carboxylic acids is 1. The Labute approximate surface area is 206 Å². The van der Waals surface area contributed by atoms with Gasteiger partial charge in [-0.2, -0.15) is 0 Å². The normalized spacial score (nSPS) is 12.1. The molecule has 0 fully saturated rings. The Balaban J connectivity index is 2.76. The van der Waals surface area contributed by atoms with Crippen molar-refractivity contribution >= 4 is 52.2 Å². The van der Waals surface area contributed by atoms with Crippen LogP contribution in [-0.2, 0) is 35.2 Å². The smallest absolute Gasteiger partial charge is 0.394 e. The van der Waals surface area contributed by atoms with E-state index in [1.54, 1.807) is 19.1 Å². The van der Waals surface area contributed by atoms with Gasteiger partial charge in [-0.1, -0.05) is 30.8 Å². The zero-order chi connectivity index (χ0) is 26.4. The molecule has 1 aromatic rings. The molecule has 0 aliphatic heterocycles. The summed E-state index contributed by atoms with van der Waals surface area (Å²) in [5, 5.41) is 28.0. The largest absolute Gasteiger partial charge is 0.474 e. The second kappa shape index (κ2) is 15.5. The maximum Gasteiger partial charge on any atom is 0.394 e. The number of benzene rings is 1. The van der Waals surface area contributed by atoms with Gasteiger partial charge in [-0.3, -0.25) is 24.0 Å². The van der Waals surface area contributed by atoms with Crippen molar-refractivity contribution in [1.82, 2.24) is 16.0 Å². The van der Waals surface area contributed by atoms with Crippen molar-refractivity contribution in [2.24, 2.45) is 0 Å². The molecule has 0 saturated carbocycles. The summed E-state index contributed by atoms with van der Waals surface area (Å²) in [5.74, 6) is -3.94. The number of nitrogens with one attached hydrogen (secondary N) is 4. The first-order chi connectivity index (χ1) is 16.5. The number of carboxylic acid groups (broad SMARTS) is 1. The molecule has 0 aliphatic rings. The Bertz CT molecular complexity index is 923. The van der Waals surface area contributed by atoms with Gasteiger partial charge in [0.1, 0.15) is 6.04 Å². The minimum absolute atomic E-state index is 0.0656. The molecule has 0 aromatic heterocycles. The number of aliphatic hydroxyl groups excluding tert-OH is 1. The van der Waals surface area contributed by atoms with Gasteiger partial charge in [0.05, 0.1) is 6.61 Å². The van der Waals surface area contributed by atoms with E-state index in [0.29, 0.717) is 0 Å². The van der Waals surface area contributed by atoms with Gasteiger partial charge in [0.15, 0.2) is 5.12 Å². The molecule has 35 heavy (non-hydrogen) atoms. The Morgan fingerprint density at radius 1 is 1.00 bits per heavy atom. The third-order valence-corrected chi connectivity index (χ3v) is 5.53. The molecule has 1 aromatic carbocycles. The molecule has 0 unspecified atom stereocenters.